The molecule has 2 aromatic rings. The standard InChI is InChI=1S/C16H19N3O4/c1-23-9-4-5-12-10(7-9)11(8-18-12)14(16(21)22)19-6-2-3-13(19)15(17)20/h4-5,7-8,13-14,18H,2-3,6H2,1H3,(H2,17,20)(H,21,22)/t13-,14?/m0/s1. The van der Waals surface area contributed by atoms with Crippen molar-refractivity contribution in [1.29, 1.82) is 0 Å². The van der Waals surface area contributed by atoms with Gasteiger partial charge < -0.3 is 20.6 Å². The monoisotopic (exact) mass is 317 g/mol. The number of likely N-dealkylation sites (tertiary alicyclic amines) is 1. The average Bonchev–Trinajstić information content (AvgIpc) is 3.14. The van der Waals surface area contributed by atoms with Gasteiger partial charge in [-0.1, -0.05) is 0 Å². The maximum Gasteiger partial charge on any atom is 0.325 e. The number of carbonyl (C=O) groups is 2. The van der Waals surface area contributed by atoms with E-state index in [9.17, 15) is 14.7 Å². The molecule has 2 heterocycles. The van der Waals surface area contributed by atoms with Gasteiger partial charge in [0, 0.05) is 29.2 Å². The number of hydrogen-bond acceptors (Lipinski definition) is 4. The molecule has 23 heavy (non-hydrogen) atoms. The predicted octanol–water partition coefficient (Wildman–Crippen LogP) is 1.25. The summed E-state index contributed by atoms with van der Waals surface area (Å²) in [4.78, 5) is 28.3. The number of fused-ring (bicyclic) bond motifs is 1. The van der Waals surface area contributed by atoms with Crippen molar-refractivity contribution in [2.24, 2.45) is 5.73 Å². The van der Waals surface area contributed by atoms with Crippen LogP contribution in [0.3, 0.4) is 0 Å². The molecule has 122 valence electrons. The lowest BCUT2D eigenvalue weighted by atomic mass is 10.0. The highest BCUT2D eigenvalue weighted by molar-refractivity contribution is 5.90. The Morgan fingerprint density at radius 1 is 1.48 bits per heavy atom. The number of carbonyl (C=O) groups excluding carboxylic acids is 1. The van der Waals surface area contributed by atoms with Crippen molar-refractivity contribution in [3.05, 3.63) is 30.0 Å². The molecule has 1 aliphatic heterocycles. The van der Waals surface area contributed by atoms with Crippen molar-refractivity contribution in [2.75, 3.05) is 13.7 Å². The number of ether oxygens (including phenoxy) is 1. The van der Waals surface area contributed by atoms with Crippen LogP contribution in [-0.2, 0) is 9.59 Å². The molecule has 7 heteroatoms. The van der Waals surface area contributed by atoms with E-state index < -0.39 is 24.0 Å². The van der Waals surface area contributed by atoms with Gasteiger partial charge in [-0.25, -0.2) is 0 Å². The number of aliphatic carboxylic acids is 1. The molecular formula is C16H19N3O4. The molecule has 1 aromatic heterocycles. The Bertz CT molecular complexity index is 755. The van der Waals surface area contributed by atoms with Crippen LogP contribution in [0.5, 0.6) is 5.75 Å². The smallest absolute Gasteiger partial charge is 0.325 e. The first-order valence-electron chi connectivity index (χ1n) is 7.46. The predicted molar refractivity (Wildman–Crippen MR) is 84.1 cm³/mol. The van der Waals surface area contributed by atoms with E-state index in [2.05, 4.69) is 4.98 Å². The summed E-state index contributed by atoms with van der Waals surface area (Å²) in [5.74, 6) is -0.830. The van der Waals surface area contributed by atoms with Gasteiger partial charge in [0.1, 0.15) is 11.8 Å². The third-order valence-corrected chi connectivity index (χ3v) is 4.40. The number of hydrogen-bond donors (Lipinski definition) is 3. The van der Waals surface area contributed by atoms with Crippen LogP contribution in [0.2, 0.25) is 0 Å². The van der Waals surface area contributed by atoms with E-state index in [0.717, 1.165) is 17.3 Å². The summed E-state index contributed by atoms with van der Waals surface area (Å²) < 4.78 is 5.22. The van der Waals surface area contributed by atoms with E-state index >= 15 is 0 Å². The molecule has 1 amide bonds. The molecule has 1 aliphatic rings. The van der Waals surface area contributed by atoms with Gasteiger partial charge in [0.15, 0.2) is 0 Å². The van der Waals surface area contributed by atoms with E-state index in [1.807, 2.05) is 6.07 Å². The highest BCUT2D eigenvalue weighted by atomic mass is 16.5. The zero-order valence-corrected chi connectivity index (χ0v) is 12.8. The molecule has 1 fully saturated rings. The summed E-state index contributed by atoms with van der Waals surface area (Å²) in [7, 11) is 1.56. The molecule has 1 saturated heterocycles. The fourth-order valence-electron chi connectivity index (χ4n) is 3.33. The number of nitrogens with two attached hydrogens (primary N) is 1. The lowest BCUT2D eigenvalue weighted by Gasteiger charge is -2.28. The normalized spacial score (nSPS) is 19.8. The maximum atomic E-state index is 11.9. The van der Waals surface area contributed by atoms with Gasteiger partial charge in [0.2, 0.25) is 5.91 Å². The minimum absolute atomic E-state index is 0.480. The second kappa shape index (κ2) is 5.92. The SMILES string of the molecule is COc1ccc2[nH]cc(C(C(=O)O)N3CCC[C@H]3C(N)=O)c2c1. The average molecular weight is 317 g/mol. The van der Waals surface area contributed by atoms with Crippen LogP contribution < -0.4 is 10.5 Å². The summed E-state index contributed by atoms with van der Waals surface area (Å²) in [6, 6.07) is 3.97. The van der Waals surface area contributed by atoms with Crippen molar-refractivity contribution in [2.45, 2.75) is 24.9 Å². The van der Waals surface area contributed by atoms with Gasteiger partial charge in [0.05, 0.1) is 13.2 Å². The molecule has 0 radical (unpaired) electrons. The van der Waals surface area contributed by atoms with Crippen molar-refractivity contribution in [3.8, 4) is 5.75 Å². The molecule has 3 rings (SSSR count). The summed E-state index contributed by atoms with van der Waals surface area (Å²) in [6.45, 7) is 0.529. The molecular weight excluding hydrogens is 298 g/mol. The highest BCUT2D eigenvalue weighted by Crippen LogP contribution is 2.35. The summed E-state index contributed by atoms with van der Waals surface area (Å²) in [6.07, 6.45) is 3.02. The number of aromatic amines is 1. The minimum Gasteiger partial charge on any atom is -0.497 e. The molecule has 1 aromatic carbocycles. The highest BCUT2D eigenvalue weighted by Gasteiger charge is 2.39. The van der Waals surface area contributed by atoms with Crippen LogP contribution in [-0.4, -0.2) is 46.6 Å². The number of methoxy groups -OCH3 is 1. The first kappa shape index (κ1) is 15.4. The van der Waals surface area contributed by atoms with E-state index in [1.54, 1.807) is 30.3 Å². The Morgan fingerprint density at radius 2 is 2.26 bits per heavy atom. The number of amides is 1. The molecule has 0 bridgehead atoms. The van der Waals surface area contributed by atoms with Gasteiger partial charge in [-0.2, -0.15) is 0 Å². The molecule has 1 unspecified atom stereocenters. The van der Waals surface area contributed by atoms with E-state index in [-0.39, 0.29) is 0 Å². The second-order valence-electron chi connectivity index (χ2n) is 5.69. The number of carboxylic acid groups (broad SMARTS) is 1. The Morgan fingerprint density at radius 3 is 2.91 bits per heavy atom. The summed E-state index contributed by atoms with van der Waals surface area (Å²) in [5.41, 5.74) is 6.87. The first-order valence-corrected chi connectivity index (χ1v) is 7.46. The van der Waals surface area contributed by atoms with Gasteiger partial charge >= 0.3 is 5.97 Å². The topological polar surface area (TPSA) is 109 Å². The van der Waals surface area contributed by atoms with E-state index in [0.29, 0.717) is 24.3 Å². The quantitative estimate of drug-likeness (QED) is 0.769. The zero-order chi connectivity index (χ0) is 16.6. The number of benzene rings is 1. The fraction of sp³-hybridized carbons (Fsp3) is 0.375. The third-order valence-electron chi connectivity index (χ3n) is 4.40. The molecule has 7 nitrogen and oxygen atoms in total. The molecule has 4 N–H and O–H groups in total. The van der Waals surface area contributed by atoms with Crippen LogP contribution in [0.15, 0.2) is 24.4 Å². The van der Waals surface area contributed by atoms with Crippen molar-refractivity contribution >= 4 is 22.8 Å². The van der Waals surface area contributed by atoms with Crippen molar-refractivity contribution in [1.82, 2.24) is 9.88 Å². The lowest BCUT2D eigenvalue weighted by Crippen LogP contribution is -2.44. The van der Waals surface area contributed by atoms with Gasteiger partial charge in [-0.15, -0.1) is 0 Å². The Kier molecular flexibility index (Phi) is 3.96. The number of primary amides is 1. The number of H-pyrrole nitrogens is 1. The van der Waals surface area contributed by atoms with Gasteiger partial charge in [-0.05, 0) is 31.0 Å². The Labute approximate surface area is 133 Å². The Hall–Kier alpha value is -2.54. The van der Waals surface area contributed by atoms with Crippen molar-refractivity contribution in [3.63, 3.8) is 0 Å². The van der Waals surface area contributed by atoms with Crippen molar-refractivity contribution < 1.29 is 19.4 Å². The van der Waals surface area contributed by atoms with Crippen LogP contribution >= 0.6 is 0 Å². The summed E-state index contributed by atoms with van der Waals surface area (Å²) in [5, 5.41) is 10.5. The lowest BCUT2D eigenvalue weighted by molar-refractivity contribution is -0.144. The van der Waals surface area contributed by atoms with Gasteiger partial charge in [0.25, 0.3) is 0 Å². The molecule has 0 aliphatic carbocycles. The third kappa shape index (κ3) is 2.63. The number of nitrogens with one attached hydrogen (secondary N) is 1. The Balaban J connectivity index is 2.08. The first-order chi connectivity index (χ1) is 11.0. The summed E-state index contributed by atoms with van der Waals surface area (Å²) >= 11 is 0. The largest absolute Gasteiger partial charge is 0.497 e. The number of aromatic nitrogens is 1. The van der Waals surface area contributed by atoms with Crippen LogP contribution in [0, 0.1) is 0 Å². The molecule has 2 atom stereocenters. The maximum absolute atomic E-state index is 11.9. The zero-order valence-electron chi connectivity index (χ0n) is 12.8. The van der Waals surface area contributed by atoms with E-state index in [1.165, 1.54) is 0 Å². The number of nitrogens with zero attached hydrogens (tertiary/aromatic N) is 1. The minimum atomic E-state index is -0.998. The van der Waals surface area contributed by atoms with E-state index in [4.69, 9.17) is 10.5 Å². The van der Waals surface area contributed by atoms with Crippen LogP contribution in [0.4, 0.5) is 0 Å². The fourth-order valence-corrected chi connectivity index (χ4v) is 3.33. The number of carboxylic acids is 1. The van der Waals surface area contributed by atoms with Crippen LogP contribution in [0.1, 0.15) is 24.4 Å². The number of rotatable bonds is 5. The van der Waals surface area contributed by atoms with Crippen LogP contribution in [0.25, 0.3) is 10.9 Å². The molecule has 0 spiro atoms. The van der Waals surface area contributed by atoms with Gasteiger partial charge in [-0.3, -0.25) is 14.5 Å². The second-order valence-corrected chi connectivity index (χ2v) is 5.69. The molecule has 0 saturated carbocycles.